The van der Waals surface area contributed by atoms with E-state index in [0.717, 1.165) is 38.5 Å². The Balaban J connectivity index is 1.22. The predicted molar refractivity (Wildman–Crippen MR) is 140 cm³/mol. The number of benzene rings is 2. The molecule has 0 saturated heterocycles. The lowest BCUT2D eigenvalue weighted by atomic mass is 9.53. The average molecular weight is 505 g/mol. The molecule has 0 aromatic heterocycles. The standard InChI is InChI=1S/C29H36BNO6/c1-29-12-11-22-21-9-7-20(30(36)37)14-18(21)6-8-23(22)28(29)19(15-26(29)34)3-2-4-27(35)31-16-17-5-10-24(32)25(33)13-17/h5,7,9-10,13-14,19,22-23,28,32-33,36-37H,2-4,6,8,11-12,15-16H2,1H3,(H,31,35)/t19-,22?,23?,28?,29+/m0/s1. The first kappa shape index (κ1) is 25.8. The molecule has 1 amide bonds. The van der Waals surface area contributed by atoms with E-state index in [0.29, 0.717) is 47.4 Å². The quantitative estimate of drug-likeness (QED) is 0.291. The van der Waals surface area contributed by atoms with Gasteiger partial charge in [0.1, 0.15) is 5.78 Å². The third kappa shape index (κ3) is 4.89. The summed E-state index contributed by atoms with van der Waals surface area (Å²) < 4.78 is 0. The number of hydrogen-bond donors (Lipinski definition) is 5. The van der Waals surface area contributed by atoms with E-state index in [-0.39, 0.29) is 35.3 Å². The maximum atomic E-state index is 13.2. The number of rotatable bonds is 7. The van der Waals surface area contributed by atoms with Crippen LogP contribution in [0.4, 0.5) is 0 Å². The summed E-state index contributed by atoms with van der Waals surface area (Å²) in [4.78, 5) is 25.7. The molecule has 0 heterocycles. The first-order valence-electron chi connectivity index (χ1n) is 13.5. The second-order valence-corrected chi connectivity index (χ2v) is 11.5. The number of phenols is 2. The zero-order chi connectivity index (χ0) is 26.3. The minimum atomic E-state index is -1.46. The highest BCUT2D eigenvalue weighted by atomic mass is 16.4. The lowest BCUT2D eigenvalue weighted by Gasteiger charge is -2.50. The first-order chi connectivity index (χ1) is 17.7. The normalized spacial score (nSPS) is 28.2. The summed E-state index contributed by atoms with van der Waals surface area (Å²) >= 11 is 0. The number of aromatic hydroxyl groups is 2. The zero-order valence-corrected chi connectivity index (χ0v) is 21.3. The fraction of sp³-hybridized carbons (Fsp3) is 0.517. The van der Waals surface area contributed by atoms with Gasteiger partial charge in [-0.05, 0) is 96.5 Å². The van der Waals surface area contributed by atoms with E-state index < -0.39 is 7.12 Å². The largest absolute Gasteiger partial charge is 0.504 e. The molecule has 2 fully saturated rings. The van der Waals surface area contributed by atoms with Crippen molar-refractivity contribution in [3.63, 3.8) is 0 Å². The molecule has 0 radical (unpaired) electrons. The second-order valence-electron chi connectivity index (χ2n) is 11.5. The van der Waals surface area contributed by atoms with Crippen molar-refractivity contribution in [2.75, 3.05) is 0 Å². The fourth-order valence-corrected chi connectivity index (χ4v) is 7.58. The lowest BCUT2D eigenvalue weighted by Crippen LogP contribution is -2.44. The topological polar surface area (TPSA) is 127 Å². The van der Waals surface area contributed by atoms with E-state index >= 15 is 0 Å². The van der Waals surface area contributed by atoms with E-state index in [4.69, 9.17) is 0 Å². The van der Waals surface area contributed by atoms with Gasteiger partial charge in [0.25, 0.3) is 0 Å². The van der Waals surface area contributed by atoms with Gasteiger partial charge in [0.15, 0.2) is 11.5 Å². The van der Waals surface area contributed by atoms with Gasteiger partial charge in [-0.2, -0.15) is 0 Å². The number of ketones is 1. The van der Waals surface area contributed by atoms with Gasteiger partial charge in [0.2, 0.25) is 5.91 Å². The molecular weight excluding hydrogens is 469 g/mol. The summed E-state index contributed by atoms with van der Waals surface area (Å²) in [6, 6.07) is 10.3. The number of fused-ring (bicyclic) bond motifs is 5. The third-order valence-corrected chi connectivity index (χ3v) is 9.40. The van der Waals surface area contributed by atoms with Crippen LogP contribution in [-0.4, -0.2) is 39.1 Å². The Hall–Kier alpha value is -2.84. The maximum absolute atomic E-state index is 13.2. The van der Waals surface area contributed by atoms with Gasteiger partial charge in [0.05, 0.1) is 0 Å². The molecule has 196 valence electrons. The molecule has 2 aromatic carbocycles. The Morgan fingerprint density at radius 3 is 2.68 bits per heavy atom. The van der Waals surface area contributed by atoms with Crippen LogP contribution in [0.5, 0.6) is 11.5 Å². The van der Waals surface area contributed by atoms with Crippen LogP contribution in [0.25, 0.3) is 0 Å². The molecule has 3 aliphatic carbocycles. The monoisotopic (exact) mass is 505 g/mol. The van der Waals surface area contributed by atoms with Crippen molar-refractivity contribution in [3.05, 3.63) is 53.1 Å². The van der Waals surface area contributed by atoms with Crippen LogP contribution in [0.3, 0.4) is 0 Å². The van der Waals surface area contributed by atoms with Crippen LogP contribution in [0.1, 0.15) is 74.5 Å². The van der Waals surface area contributed by atoms with Crippen LogP contribution in [0, 0.1) is 23.2 Å². The van der Waals surface area contributed by atoms with Crippen LogP contribution < -0.4 is 10.8 Å². The van der Waals surface area contributed by atoms with E-state index in [2.05, 4.69) is 18.3 Å². The van der Waals surface area contributed by atoms with E-state index in [1.807, 2.05) is 12.1 Å². The molecule has 37 heavy (non-hydrogen) atoms. The molecule has 5 rings (SSSR count). The van der Waals surface area contributed by atoms with Gasteiger partial charge in [-0.1, -0.05) is 31.2 Å². The SMILES string of the molecule is C[C@]12CCC3c4ccc(B(O)O)cc4CCC3C1[C@@H](CCCC(=O)NCc1ccc(O)c(O)c1)CC2=O. The number of carbonyl (C=O) groups is 2. The molecule has 3 aliphatic rings. The Morgan fingerprint density at radius 1 is 1.11 bits per heavy atom. The minimum absolute atomic E-state index is 0.0605. The predicted octanol–water partition coefficient (Wildman–Crippen LogP) is 2.92. The van der Waals surface area contributed by atoms with Crippen LogP contribution >= 0.6 is 0 Å². The average Bonchev–Trinajstić information content (AvgIpc) is 3.13. The van der Waals surface area contributed by atoms with Crippen molar-refractivity contribution in [2.45, 2.75) is 70.8 Å². The van der Waals surface area contributed by atoms with Crippen LogP contribution in [0.15, 0.2) is 36.4 Å². The summed E-state index contributed by atoms with van der Waals surface area (Å²) in [7, 11) is -1.46. The Bertz CT molecular complexity index is 1200. The molecule has 7 nitrogen and oxygen atoms in total. The molecule has 0 aliphatic heterocycles. The number of amides is 1. The summed E-state index contributed by atoms with van der Waals surface area (Å²) in [6.45, 7) is 2.45. The molecule has 2 aromatic rings. The van der Waals surface area contributed by atoms with Crippen molar-refractivity contribution in [3.8, 4) is 11.5 Å². The number of aryl methyl sites for hydroxylation is 1. The van der Waals surface area contributed by atoms with Gasteiger partial charge < -0.3 is 25.6 Å². The second kappa shape index (κ2) is 10.1. The van der Waals surface area contributed by atoms with Gasteiger partial charge in [0, 0.05) is 24.8 Å². The summed E-state index contributed by atoms with van der Waals surface area (Å²) in [5.74, 6) is 1.35. The Morgan fingerprint density at radius 2 is 1.92 bits per heavy atom. The highest BCUT2D eigenvalue weighted by Gasteiger charge is 2.58. The van der Waals surface area contributed by atoms with Crippen molar-refractivity contribution >= 4 is 24.3 Å². The van der Waals surface area contributed by atoms with E-state index in [1.54, 1.807) is 6.07 Å². The molecule has 0 bridgehead atoms. The van der Waals surface area contributed by atoms with Crippen molar-refractivity contribution in [2.24, 2.45) is 23.2 Å². The van der Waals surface area contributed by atoms with Crippen molar-refractivity contribution in [1.82, 2.24) is 5.32 Å². The fourth-order valence-electron chi connectivity index (χ4n) is 7.58. The highest BCUT2D eigenvalue weighted by Crippen LogP contribution is 2.62. The summed E-state index contributed by atoms with van der Waals surface area (Å²) in [6.07, 6.45) is 6.33. The van der Waals surface area contributed by atoms with E-state index in [1.165, 1.54) is 23.3 Å². The Kier molecular flexibility index (Phi) is 7.07. The number of hydrogen-bond acceptors (Lipinski definition) is 6. The molecular formula is C29H36BNO6. The summed E-state index contributed by atoms with van der Waals surface area (Å²) in [5.41, 5.74) is 3.48. The molecule has 5 atom stereocenters. The lowest BCUT2D eigenvalue weighted by molar-refractivity contribution is -0.129. The molecule has 0 spiro atoms. The number of Topliss-reactive ketones (excluding diaryl/α,β-unsaturated/α-hetero) is 1. The van der Waals surface area contributed by atoms with Crippen molar-refractivity contribution < 1.29 is 29.9 Å². The molecule has 8 heteroatoms. The summed E-state index contributed by atoms with van der Waals surface area (Å²) in [5, 5.41) is 41.1. The minimum Gasteiger partial charge on any atom is -0.504 e. The first-order valence-corrected chi connectivity index (χ1v) is 13.5. The van der Waals surface area contributed by atoms with Crippen LogP contribution in [-0.2, 0) is 22.6 Å². The maximum Gasteiger partial charge on any atom is 0.488 e. The molecule has 3 unspecified atom stereocenters. The van der Waals surface area contributed by atoms with Gasteiger partial charge in [-0.3, -0.25) is 9.59 Å². The van der Waals surface area contributed by atoms with Gasteiger partial charge in [-0.25, -0.2) is 0 Å². The number of nitrogens with one attached hydrogen (secondary N) is 1. The number of carbonyl (C=O) groups excluding carboxylic acids is 2. The number of phenolic OH excluding ortho intramolecular Hbond substituents is 2. The smallest absolute Gasteiger partial charge is 0.488 e. The van der Waals surface area contributed by atoms with Crippen molar-refractivity contribution in [1.29, 1.82) is 0 Å². The van der Waals surface area contributed by atoms with Gasteiger partial charge in [-0.15, -0.1) is 0 Å². The van der Waals surface area contributed by atoms with Crippen LogP contribution in [0.2, 0.25) is 0 Å². The third-order valence-electron chi connectivity index (χ3n) is 9.40. The molecule has 5 N–H and O–H groups in total. The molecule has 2 saturated carbocycles. The Labute approximate surface area is 218 Å². The van der Waals surface area contributed by atoms with Gasteiger partial charge >= 0.3 is 7.12 Å². The zero-order valence-electron chi connectivity index (χ0n) is 21.3. The van der Waals surface area contributed by atoms with E-state index in [9.17, 15) is 29.9 Å². The highest BCUT2D eigenvalue weighted by molar-refractivity contribution is 6.58.